The molecule has 3 rings (SSSR count). The van der Waals surface area contributed by atoms with Gasteiger partial charge in [0.05, 0.1) is 13.2 Å². The predicted octanol–water partition coefficient (Wildman–Crippen LogP) is 1.86. The van der Waals surface area contributed by atoms with Gasteiger partial charge in [-0.3, -0.25) is 14.5 Å². The summed E-state index contributed by atoms with van der Waals surface area (Å²) >= 11 is 0. The first-order chi connectivity index (χ1) is 13.6. The highest BCUT2D eigenvalue weighted by Gasteiger charge is 2.12. The molecule has 0 aliphatic carbocycles. The van der Waals surface area contributed by atoms with E-state index >= 15 is 0 Å². The van der Waals surface area contributed by atoms with Crippen molar-refractivity contribution in [1.82, 2.24) is 10.2 Å². The first-order valence-electron chi connectivity index (χ1n) is 9.43. The van der Waals surface area contributed by atoms with E-state index in [4.69, 9.17) is 10.5 Å². The number of nitrogens with zero attached hydrogens (tertiary/aromatic N) is 1. The van der Waals surface area contributed by atoms with Gasteiger partial charge in [-0.15, -0.1) is 0 Å². The molecule has 0 bridgehead atoms. The van der Waals surface area contributed by atoms with Crippen molar-refractivity contribution in [1.29, 1.82) is 0 Å². The van der Waals surface area contributed by atoms with Crippen LogP contribution in [0.2, 0.25) is 0 Å². The number of ether oxygens (including phenoxy) is 1. The van der Waals surface area contributed by atoms with Crippen LogP contribution in [0.1, 0.15) is 22.3 Å². The smallest absolute Gasteiger partial charge is 0.251 e. The number of nitrogens with two attached hydrogens (primary N) is 1. The van der Waals surface area contributed by atoms with Gasteiger partial charge in [-0.2, -0.15) is 0 Å². The van der Waals surface area contributed by atoms with Crippen LogP contribution in [0, 0.1) is 0 Å². The van der Waals surface area contributed by atoms with Crippen LogP contribution in [0.25, 0.3) is 0 Å². The monoisotopic (exact) mass is 382 g/mol. The Bertz CT molecular complexity index is 802. The molecule has 1 fully saturated rings. The van der Waals surface area contributed by atoms with Gasteiger partial charge in [0.2, 0.25) is 5.91 Å². The van der Waals surface area contributed by atoms with Crippen molar-refractivity contribution in [2.75, 3.05) is 43.9 Å². The molecule has 0 atom stereocenters. The largest absolute Gasteiger partial charge is 0.399 e. The minimum Gasteiger partial charge on any atom is -0.399 e. The third-order valence-electron chi connectivity index (χ3n) is 4.60. The Morgan fingerprint density at radius 1 is 1.07 bits per heavy atom. The number of carbonyl (C=O) groups excluding carboxylic acids is 2. The lowest BCUT2D eigenvalue weighted by Gasteiger charge is -2.26. The zero-order valence-electron chi connectivity index (χ0n) is 15.8. The van der Waals surface area contributed by atoms with Crippen LogP contribution >= 0.6 is 0 Å². The number of nitrogens with one attached hydrogen (secondary N) is 2. The summed E-state index contributed by atoms with van der Waals surface area (Å²) in [7, 11) is 0. The molecule has 1 aliphatic heterocycles. The summed E-state index contributed by atoms with van der Waals surface area (Å²) in [4.78, 5) is 26.6. The molecule has 1 aliphatic rings. The average molecular weight is 382 g/mol. The van der Waals surface area contributed by atoms with E-state index in [0.717, 1.165) is 44.1 Å². The third kappa shape index (κ3) is 6.07. The molecule has 1 saturated heterocycles. The van der Waals surface area contributed by atoms with Gasteiger partial charge in [0.15, 0.2) is 0 Å². The maximum atomic E-state index is 12.2. The van der Waals surface area contributed by atoms with Gasteiger partial charge in [0.25, 0.3) is 5.91 Å². The Kier molecular flexibility index (Phi) is 7.00. The summed E-state index contributed by atoms with van der Waals surface area (Å²) in [5.41, 5.74) is 8.45. The van der Waals surface area contributed by atoms with Gasteiger partial charge in [0.1, 0.15) is 0 Å². The Balaban J connectivity index is 1.47. The van der Waals surface area contributed by atoms with E-state index in [0.29, 0.717) is 24.2 Å². The van der Waals surface area contributed by atoms with Crippen molar-refractivity contribution in [2.45, 2.75) is 13.0 Å². The summed E-state index contributed by atoms with van der Waals surface area (Å²) in [6.07, 6.45) is 0.443. The molecule has 2 aromatic rings. The Labute approximate surface area is 164 Å². The van der Waals surface area contributed by atoms with Crippen molar-refractivity contribution in [3.63, 3.8) is 0 Å². The molecule has 7 heteroatoms. The number of benzene rings is 2. The van der Waals surface area contributed by atoms with Gasteiger partial charge in [0, 0.05) is 49.5 Å². The molecule has 28 heavy (non-hydrogen) atoms. The second kappa shape index (κ2) is 9.87. The zero-order chi connectivity index (χ0) is 19.8. The van der Waals surface area contributed by atoms with E-state index in [-0.39, 0.29) is 11.8 Å². The number of hydrogen-bond acceptors (Lipinski definition) is 5. The van der Waals surface area contributed by atoms with Gasteiger partial charge in [-0.1, -0.05) is 12.1 Å². The van der Waals surface area contributed by atoms with Gasteiger partial charge in [-0.05, 0) is 42.0 Å². The standard InChI is InChI=1S/C21H26N4O3/c22-18-6-4-17(5-7-18)21(27)23-15-16-2-1-3-19(14-16)24-20(26)8-9-25-10-12-28-13-11-25/h1-7,14H,8-13,15,22H2,(H,23,27)(H,24,26). The maximum Gasteiger partial charge on any atom is 0.251 e. The summed E-state index contributed by atoms with van der Waals surface area (Å²) in [5, 5.41) is 5.80. The van der Waals surface area contributed by atoms with Gasteiger partial charge < -0.3 is 21.1 Å². The Morgan fingerprint density at radius 2 is 1.82 bits per heavy atom. The van der Waals surface area contributed by atoms with Gasteiger partial charge >= 0.3 is 0 Å². The van der Waals surface area contributed by atoms with Crippen molar-refractivity contribution >= 4 is 23.2 Å². The number of hydrogen-bond donors (Lipinski definition) is 3. The summed E-state index contributed by atoms with van der Waals surface area (Å²) in [6.45, 7) is 4.30. The highest BCUT2D eigenvalue weighted by molar-refractivity contribution is 5.94. The van der Waals surface area contributed by atoms with Crippen LogP contribution in [0.4, 0.5) is 11.4 Å². The highest BCUT2D eigenvalue weighted by Crippen LogP contribution is 2.12. The number of rotatable bonds is 7. The van der Waals surface area contributed by atoms with Crippen molar-refractivity contribution in [2.24, 2.45) is 0 Å². The molecule has 7 nitrogen and oxygen atoms in total. The van der Waals surface area contributed by atoms with Gasteiger partial charge in [-0.25, -0.2) is 0 Å². The van der Waals surface area contributed by atoms with E-state index in [1.54, 1.807) is 24.3 Å². The topological polar surface area (TPSA) is 96.7 Å². The molecule has 0 spiro atoms. The normalized spacial score (nSPS) is 14.4. The lowest BCUT2D eigenvalue weighted by atomic mass is 10.1. The van der Waals surface area contributed by atoms with E-state index in [1.165, 1.54) is 0 Å². The first-order valence-corrected chi connectivity index (χ1v) is 9.43. The van der Waals surface area contributed by atoms with E-state index in [2.05, 4.69) is 15.5 Å². The minimum absolute atomic E-state index is 0.0189. The Morgan fingerprint density at radius 3 is 2.57 bits per heavy atom. The lowest BCUT2D eigenvalue weighted by Crippen LogP contribution is -2.38. The molecule has 0 saturated carbocycles. The molecular formula is C21H26N4O3. The number of amides is 2. The number of anilines is 2. The van der Waals surface area contributed by atoms with E-state index in [9.17, 15) is 9.59 Å². The molecule has 0 unspecified atom stereocenters. The zero-order valence-corrected chi connectivity index (χ0v) is 15.8. The van der Waals surface area contributed by atoms with E-state index in [1.807, 2.05) is 24.3 Å². The average Bonchev–Trinajstić information content (AvgIpc) is 2.72. The fourth-order valence-corrected chi connectivity index (χ4v) is 2.99. The first kappa shape index (κ1) is 19.9. The van der Waals surface area contributed by atoms with E-state index < -0.39 is 0 Å². The minimum atomic E-state index is -0.167. The third-order valence-corrected chi connectivity index (χ3v) is 4.60. The van der Waals surface area contributed by atoms with Crippen LogP contribution in [0.5, 0.6) is 0 Å². The van der Waals surface area contributed by atoms with Crippen molar-refractivity contribution < 1.29 is 14.3 Å². The number of morpholine rings is 1. The van der Waals surface area contributed by atoms with Crippen molar-refractivity contribution in [3.05, 3.63) is 59.7 Å². The van der Waals surface area contributed by atoms with Crippen LogP contribution in [-0.4, -0.2) is 49.6 Å². The molecule has 1 heterocycles. The van der Waals surface area contributed by atoms with Crippen molar-refractivity contribution in [3.8, 4) is 0 Å². The Hall–Kier alpha value is -2.90. The van der Waals surface area contributed by atoms with Crippen LogP contribution in [-0.2, 0) is 16.1 Å². The molecule has 2 aromatic carbocycles. The molecule has 4 N–H and O–H groups in total. The maximum absolute atomic E-state index is 12.2. The summed E-state index contributed by atoms with van der Waals surface area (Å²) in [6, 6.07) is 14.3. The fourth-order valence-electron chi connectivity index (χ4n) is 2.99. The van der Waals surface area contributed by atoms with Crippen LogP contribution in [0.3, 0.4) is 0 Å². The van der Waals surface area contributed by atoms with Crippen LogP contribution < -0.4 is 16.4 Å². The second-order valence-electron chi connectivity index (χ2n) is 6.76. The summed E-state index contributed by atoms with van der Waals surface area (Å²) < 4.78 is 5.31. The number of carbonyl (C=O) groups is 2. The molecule has 2 amide bonds. The molecule has 0 radical (unpaired) electrons. The highest BCUT2D eigenvalue weighted by atomic mass is 16.5. The molecule has 0 aromatic heterocycles. The fraction of sp³-hybridized carbons (Fsp3) is 0.333. The quantitative estimate of drug-likeness (QED) is 0.635. The van der Waals surface area contributed by atoms with Crippen LogP contribution in [0.15, 0.2) is 48.5 Å². The number of nitrogen functional groups attached to an aromatic ring is 1. The second-order valence-corrected chi connectivity index (χ2v) is 6.76. The predicted molar refractivity (Wildman–Crippen MR) is 109 cm³/mol. The molecular weight excluding hydrogens is 356 g/mol. The summed E-state index contributed by atoms with van der Waals surface area (Å²) in [5.74, 6) is -0.186. The molecule has 148 valence electrons. The lowest BCUT2D eigenvalue weighted by molar-refractivity contribution is -0.116. The SMILES string of the molecule is Nc1ccc(C(=O)NCc2cccc(NC(=O)CCN3CCOCC3)c2)cc1.